The largest absolute Gasteiger partial charge is 0.481 e. The third-order valence-corrected chi connectivity index (χ3v) is 13.1. The molecule has 92 heavy (non-hydrogen) atoms. The van der Waals surface area contributed by atoms with Crippen molar-refractivity contribution in [1.29, 1.82) is 0 Å². The van der Waals surface area contributed by atoms with Gasteiger partial charge in [0.25, 0.3) is 17.7 Å². The van der Waals surface area contributed by atoms with Crippen LogP contribution in [-0.4, -0.2) is 140 Å². The van der Waals surface area contributed by atoms with Crippen LogP contribution in [0.2, 0.25) is 0 Å². The fraction of sp³-hybridized carbons (Fsp3) is 0.357. The quantitative estimate of drug-likeness (QED) is 0.0352. The number of carbonyl (C=O) groups is 12. The van der Waals surface area contributed by atoms with E-state index in [2.05, 4.69) is 78.4 Å². The first-order valence-corrected chi connectivity index (χ1v) is 28.2. The van der Waals surface area contributed by atoms with Crippen molar-refractivity contribution < 1.29 is 67.4 Å². The minimum Gasteiger partial charge on any atom is -0.481 e. The van der Waals surface area contributed by atoms with Crippen LogP contribution in [0.4, 0.5) is 62.8 Å². The van der Waals surface area contributed by atoms with Crippen molar-refractivity contribution in [3.05, 3.63) is 85.1 Å². The van der Waals surface area contributed by atoms with Gasteiger partial charge in [-0.05, 0) is 33.3 Å². The number of carboxylic acids is 1. The molecule has 0 bridgehead atoms. The molecule has 0 aromatic carbocycles. The lowest BCUT2D eigenvalue weighted by atomic mass is 10.1. The van der Waals surface area contributed by atoms with E-state index < -0.39 is 82.8 Å². The van der Waals surface area contributed by atoms with Crippen LogP contribution in [0.25, 0.3) is 0 Å². The Morgan fingerprint density at radius 2 is 0.913 bits per heavy atom. The molecule has 36 nitrogen and oxygen atoms in total. The van der Waals surface area contributed by atoms with Crippen molar-refractivity contribution in [3.63, 3.8) is 0 Å². The Bertz CT molecular complexity index is 3990. The van der Waals surface area contributed by atoms with Crippen molar-refractivity contribution in [2.45, 2.75) is 83.8 Å². The number of hydrogen-bond donors (Lipinski definition) is 12. The van der Waals surface area contributed by atoms with Gasteiger partial charge in [0.2, 0.25) is 59.1 Å². The van der Waals surface area contributed by atoms with Crippen LogP contribution in [0.5, 0.6) is 0 Å². The zero-order valence-corrected chi connectivity index (χ0v) is 51.8. The van der Waals surface area contributed by atoms with Crippen LogP contribution >= 0.6 is 0 Å². The highest BCUT2D eigenvalue weighted by Crippen LogP contribution is 2.23. The Morgan fingerprint density at radius 3 is 1.45 bits per heavy atom. The number of nitrogens with zero attached hydrogens (tertiary/aromatic N) is 11. The molecule has 11 amide bonds. The third-order valence-electron chi connectivity index (χ3n) is 13.1. The molecule has 0 spiro atoms. The molecule has 7 rings (SSSR count). The van der Waals surface area contributed by atoms with Gasteiger partial charge in [-0.25, -0.2) is 14.8 Å². The van der Waals surface area contributed by atoms with Crippen LogP contribution < -0.4 is 58.5 Å². The molecule has 0 saturated heterocycles. The second-order valence-corrected chi connectivity index (χ2v) is 22.0. The molecule has 0 aliphatic heterocycles. The van der Waals surface area contributed by atoms with Crippen molar-refractivity contribution in [2.75, 3.05) is 53.2 Å². The minimum absolute atomic E-state index is 0.0173. The number of nitrogens with one attached hydrogen (secondary N) is 11. The number of ether oxygens (including phenoxy) is 1. The number of carboxylic acid groups (broad SMARTS) is 1. The second-order valence-electron chi connectivity index (χ2n) is 22.0. The van der Waals surface area contributed by atoms with Crippen LogP contribution in [0.3, 0.4) is 0 Å². The number of rotatable bonds is 27. The number of imidazole rings is 4. The number of anilines is 10. The molecule has 0 aliphatic carbocycles. The van der Waals surface area contributed by atoms with Gasteiger partial charge in [0.1, 0.15) is 29.0 Å². The van der Waals surface area contributed by atoms with E-state index in [4.69, 9.17) is 9.84 Å². The zero-order chi connectivity index (χ0) is 67.3. The molecule has 0 unspecified atom stereocenters. The monoisotopic (exact) mass is 1270 g/mol. The Kier molecular flexibility index (Phi) is 21.6. The molecule has 12 N–H and O–H groups in total. The van der Waals surface area contributed by atoms with Crippen molar-refractivity contribution >= 4 is 129 Å². The predicted octanol–water partition coefficient (Wildman–Crippen LogP) is 3.16. The Labute approximate surface area is 523 Å². The van der Waals surface area contributed by atoms with E-state index in [1.807, 2.05) is 0 Å². The fourth-order valence-corrected chi connectivity index (χ4v) is 8.63. The fourth-order valence-electron chi connectivity index (χ4n) is 8.63. The van der Waals surface area contributed by atoms with Gasteiger partial charge in [0.15, 0.2) is 23.3 Å². The van der Waals surface area contributed by atoms with E-state index in [9.17, 15) is 57.5 Å². The standard InChI is InChI=1S/C56H70N22O14/c1-56(2,3)92-55(91)61-33(49(87)64-36-28-77(9)53(66-36)70-44(83)16-13-40(79)58-30-21-34(73(5)24-30)50(88)65-37-29-78(10)54(67-37)71-45(84)17-18-46(85)86)11-12-42(81)68-38-23-32(26-75(38)7)60-52(90)48-63-35(27-76(48)8)62-41(80)14-15-43(82)69-39-22-31(25-74(39)6)59-51(89)47-57-19-20-72(47)4/h19-29,33H,11-18H2,1-10H3,(H,58,79)(H,59,89)(H,60,90)(H,61,91)(H,62,80)(H,64,87)(H,65,88)(H,68,81)(H,69,82)(H,85,86)(H,66,70,83)(H,67,71,84)/t33-/m1/s1. The van der Waals surface area contributed by atoms with Gasteiger partial charge in [-0.3, -0.25) is 63.4 Å². The van der Waals surface area contributed by atoms with Gasteiger partial charge in [-0.1, -0.05) is 0 Å². The maximum atomic E-state index is 13.8. The summed E-state index contributed by atoms with van der Waals surface area (Å²) < 4.78 is 15.7. The number of aromatic nitrogens is 11. The summed E-state index contributed by atoms with van der Waals surface area (Å²) in [6, 6.07) is 3.06. The van der Waals surface area contributed by atoms with Gasteiger partial charge >= 0.3 is 12.1 Å². The number of hydrogen-bond acceptors (Lipinski definition) is 17. The maximum Gasteiger partial charge on any atom is 0.408 e. The van der Waals surface area contributed by atoms with Gasteiger partial charge in [0.05, 0.1) is 23.5 Å². The molecule has 7 aromatic heterocycles. The molecule has 488 valence electrons. The molecule has 0 radical (unpaired) electrons. The second kappa shape index (κ2) is 29.4. The topological polar surface area (TPSA) is 453 Å². The molecular weight excluding hydrogens is 1200 g/mol. The summed E-state index contributed by atoms with van der Waals surface area (Å²) >= 11 is 0. The summed E-state index contributed by atoms with van der Waals surface area (Å²) in [5.74, 6) is -6.20. The summed E-state index contributed by atoms with van der Waals surface area (Å²) in [4.78, 5) is 170. The Hall–Kier alpha value is -11.9. The number of aryl methyl sites for hydroxylation is 7. The molecule has 0 saturated carbocycles. The molecular formula is C56H70N22O14. The highest BCUT2D eigenvalue weighted by Gasteiger charge is 2.28. The van der Waals surface area contributed by atoms with E-state index in [0.29, 0.717) is 11.5 Å². The first kappa shape index (κ1) is 67.6. The molecule has 0 fully saturated rings. The summed E-state index contributed by atoms with van der Waals surface area (Å²) in [5, 5.41) is 37.6. The normalized spacial score (nSPS) is 11.4. The lowest BCUT2D eigenvalue weighted by Crippen LogP contribution is -2.46. The van der Waals surface area contributed by atoms with E-state index in [-0.39, 0.29) is 115 Å². The van der Waals surface area contributed by atoms with Crippen molar-refractivity contribution in [2.24, 2.45) is 49.3 Å². The van der Waals surface area contributed by atoms with E-state index in [1.54, 1.807) is 83.6 Å². The van der Waals surface area contributed by atoms with Crippen LogP contribution in [0, 0.1) is 0 Å². The Balaban J connectivity index is 0.854. The SMILES string of the molecule is Cn1cc(NC(=O)c2nccn2C)cc1NC(=O)CCC(=O)Nc1cn(C)c(C(=O)Nc2cc(NC(=O)CC[C@@H](NC(=O)OC(C)(C)C)C(=O)Nc3cn(C)c(NC(=O)CCC(=O)Nc4cc(C(=O)Nc5cn(C)c(NC(=O)CCC(=O)O)n5)n(C)c4)n3)n(C)c2)n1. The predicted molar refractivity (Wildman–Crippen MR) is 331 cm³/mol. The van der Waals surface area contributed by atoms with Crippen LogP contribution in [0.15, 0.2) is 67.8 Å². The van der Waals surface area contributed by atoms with E-state index in [0.717, 1.165) is 0 Å². The van der Waals surface area contributed by atoms with Crippen LogP contribution in [0.1, 0.15) is 104 Å². The minimum atomic E-state index is -1.36. The third kappa shape index (κ3) is 19.3. The van der Waals surface area contributed by atoms with Gasteiger partial charge in [-0.15, -0.1) is 0 Å². The Morgan fingerprint density at radius 1 is 0.457 bits per heavy atom. The zero-order valence-electron chi connectivity index (χ0n) is 51.8. The van der Waals surface area contributed by atoms with E-state index in [1.165, 1.54) is 86.2 Å². The van der Waals surface area contributed by atoms with E-state index >= 15 is 0 Å². The highest BCUT2D eigenvalue weighted by atomic mass is 16.6. The summed E-state index contributed by atoms with van der Waals surface area (Å²) in [5.41, 5.74) is 0.0722. The lowest BCUT2D eigenvalue weighted by molar-refractivity contribution is -0.138. The molecule has 1 atom stereocenters. The summed E-state index contributed by atoms with van der Waals surface area (Å²) in [6.07, 6.45) is 8.73. The average Bonchev–Trinajstić information content (AvgIpc) is 1.76. The molecule has 7 heterocycles. The number of aliphatic carboxylic acids is 1. The lowest BCUT2D eigenvalue weighted by Gasteiger charge is -2.23. The van der Waals surface area contributed by atoms with Crippen molar-refractivity contribution in [3.8, 4) is 0 Å². The number of amides is 11. The molecule has 7 aromatic rings. The summed E-state index contributed by atoms with van der Waals surface area (Å²) in [7, 11) is 11.1. The number of carbonyl (C=O) groups excluding carboxylic acids is 11. The number of alkyl carbamates (subject to hydrolysis) is 1. The highest BCUT2D eigenvalue weighted by molar-refractivity contribution is 6.06. The molecule has 0 aliphatic rings. The average molecular weight is 1280 g/mol. The summed E-state index contributed by atoms with van der Waals surface area (Å²) in [6.45, 7) is 4.86. The van der Waals surface area contributed by atoms with Crippen LogP contribution in [-0.2, 0) is 92.4 Å². The van der Waals surface area contributed by atoms with Gasteiger partial charge < -0.3 is 89.7 Å². The first-order valence-electron chi connectivity index (χ1n) is 28.2. The smallest absolute Gasteiger partial charge is 0.408 e. The van der Waals surface area contributed by atoms with Crippen molar-refractivity contribution in [1.82, 2.24) is 57.2 Å². The molecule has 36 heteroatoms. The van der Waals surface area contributed by atoms with Gasteiger partial charge in [-0.2, -0.15) is 9.97 Å². The van der Waals surface area contributed by atoms with Gasteiger partial charge in [0, 0.05) is 150 Å². The maximum absolute atomic E-state index is 13.8. The first-order chi connectivity index (χ1) is 43.3.